The summed E-state index contributed by atoms with van der Waals surface area (Å²) >= 11 is 0. The molecule has 0 aromatic carbocycles. The standard InChI is InChI=1S/C13H22O3/c1-3-4-5-6-11-10(7-8-12(11)14)9-13(15)16-2/h5-6,10-12,14H,3-4,7-9H2,1-2H3/b6-5-. The van der Waals surface area contributed by atoms with Crippen LogP contribution in [0.3, 0.4) is 0 Å². The van der Waals surface area contributed by atoms with Crippen LogP contribution in [0, 0.1) is 11.8 Å². The molecule has 1 fully saturated rings. The molecule has 0 bridgehead atoms. The average molecular weight is 226 g/mol. The van der Waals surface area contributed by atoms with Gasteiger partial charge >= 0.3 is 5.97 Å². The van der Waals surface area contributed by atoms with Crippen LogP contribution in [0.5, 0.6) is 0 Å². The zero-order chi connectivity index (χ0) is 12.0. The second kappa shape index (κ2) is 6.69. The lowest BCUT2D eigenvalue weighted by atomic mass is 9.91. The Kier molecular flexibility index (Phi) is 5.53. The molecule has 1 N–H and O–H groups in total. The number of carbonyl (C=O) groups is 1. The SMILES string of the molecule is CCC/C=C\C1C(O)CCC1CC(=O)OC. The van der Waals surface area contributed by atoms with Gasteiger partial charge in [0.2, 0.25) is 0 Å². The molecule has 0 amide bonds. The first-order valence-corrected chi connectivity index (χ1v) is 6.10. The smallest absolute Gasteiger partial charge is 0.305 e. The largest absolute Gasteiger partial charge is 0.469 e. The van der Waals surface area contributed by atoms with E-state index in [9.17, 15) is 9.90 Å². The third-order valence-corrected chi connectivity index (χ3v) is 3.29. The Labute approximate surface area is 97.5 Å². The van der Waals surface area contributed by atoms with Crippen molar-refractivity contribution in [3.63, 3.8) is 0 Å². The molecule has 3 nitrogen and oxygen atoms in total. The summed E-state index contributed by atoms with van der Waals surface area (Å²) in [6, 6.07) is 0. The lowest BCUT2D eigenvalue weighted by molar-refractivity contribution is -0.141. The summed E-state index contributed by atoms with van der Waals surface area (Å²) < 4.78 is 4.68. The number of hydrogen-bond donors (Lipinski definition) is 1. The van der Waals surface area contributed by atoms with Crippen LogP contribution in [0.1, 0.15) is 39.0 Å². The number of rotatable bonds is 5. The van der Waals surface area contributed by atoms with Gasteiger partial charge in [-0.3, -0.25) is 4.79 Å². The second-order valence-corrected chi connectivity index (χ2v) is 4.48. The van der Waals surface area contributed by atoms with Gasteiger partial charge in [0, 0.05) is 12.3 Å². The molecule has 0 spiro atoms. The van der Waals surface area contributed by atoms with Crippen LogP contribution in [-0.4, -0.2) is 24.3 Å². The van der Waals surface area contributed by atoms with Crippen molar-refractivity contribution in [1.82, 2.24) is 0 Å². The molecule has 0 saturated heterocycles. The molecule has 1 saturated carbocycles. The van der Waals surface area contributed by atoms with Gasteiger partial charge in [0.05, 0.1) is 13.2 Å². The normalized spacial score (nSPS) is 29.8. The fourth-order valence-corrected chi connectivity index (χ4v) is 2.32. The van der Waals surface area contributed by atoms with Crippen LogP contribution < -0.4 is 0 Å². The lowest BCUT2D eigenvalue weighted by Crippen LogP contribution is -2.19. The van der Waals surface area contributed by atoms with E-state index in [1.54, 1.807) is 0 Å². The first-order chi connectivity index (χ1) is 7.69. The molecule has 1 rings (SSSR count). The number of carbonyl (C=O) groups excluding carboxylic acids is 1. The van der Waals surface area contributed by atoms with Crippen molar-refractivity contribution in [3.05, 3.63) is 12.2 Å². The van der Waals surface area contributed by atoms with E-state index in [1.807, 2.05) is 0 Å². The van der Waals surface area contributed by atoms with Crippen LogP contribution in [0.25, 0.3) is 0 Å². The van der Waals surface area contributed by atoms with Crippen LogP contribution in [0.15, 0.2) is 12.2 Å². The zero-order valence-electron chi connectivity index (χ0n) is 10.2. The number of aliphatic hydroxyl groups is 1. The van der Waals surface area contributed by atoms with Gasteiger partial charge in [-0.2, -0.15) is 0 Å². The average Bonchev–Trinajstić information content (AvgIpc) is 2.61. The molecule has 3 atom stereocenters. The van der Waals surface area contributed by atoms with Crippen molar-refractivity contribution in [1.29, 1.82) is 0 Å². The van der Waals surface area contributed by atoms with Crippen LogP contribution in [-0.2, 0) is 9.53 Å². The quantitative estimate of drug-likeness (QED) is 0.578. The molecule has 1 aliphatic carbocycles. The summed E-state index contributed by atoms with van der Waals surface area (Å²) in [5, 5.41) is 9.84. The Morgan fingerprint density at radius 1 is 1.50 bits per heavy atom. The van der Waals surface area contributed by atoms with E-state index in [1.165, 1.54) is 7.11 Å². The minimum Gasteiger partial charge on any atom is -0.469 e. The predicted octanol–water partition coefficient (Wildman–Crippen LogP) is 2.29. The molecule has 0 heterocycles. The Morgan fingerprint density at radius 2 is 2.25 bits per heavy atom. The van der Waals surface area contributed by atoms with Gasteiger partial charge in [-0.25, -0.2) is 0 Å². The van der Waals surface area contributed by atoms with Gasteiger partial charge < -0.3 is 9.84 Å². The van der Waals surface area contributed by atoms with E-state index in [-0.39, 0.29) is 23.9 Å². The topological polar surface area (TPSA) is 46.5 Å². The van der Waals surface area contributed by atoms with Gasteiger partial charge in [0.1, 0.15) is 0 Å². The maximum atomic E-state index is 11.2. The summed E-state index contributed by atoms with van der Waals surface area (Å²) in [6.45, 7) is 2.13. The Morgan fingerprint density at radius 3 is 2.88 bits per heavy atom. The predicted molar refractivity (Wildman–Crippen MR) is 62.9 cm³/mol. The van der Waals surface area contributed by atoms with E-state index < -0.39 is 0 Å². The second-order valence-electron chi connectivity index (χ2n) is 4.48. The van der Waals surface area contributed by atoms with Crippen LogP contribution in [0.2, 0.25) is 0 Å². The number of unbranched alkanes of at least 4 members (excludes halogenated alkanes) is 1. The number of esters is 1. The van der Waals surface area contributed by atoms with E-state index in [4.69, 9.17) is 0 Å². The van der Waals surface area contributed by atoms with Crippen LogP contribution >= 0.6 is 0 Å². The van der Waals surface area contributed by atoms with Crippen molar-refractivity contribution >= 4 is 5.97 Å². The molecule has 0 aromatic rings. The van der Waals surface area contributed by atoms with E-state index in [2.05, 4.69) is 23.8 Å². The van der Waals surface area contributed by atoms with E-state index in [0.717, 1.165) is 25.7 Å². The van der Waals surface area contributed by atoms with Crippen molar-refractivity contribution in [2.45, 2.75) is 45.1 Å². The molecule has 0 aromatic heterocycles. The summed E-state index contributed by atoms with van der Waals surface area (Å²) in [6.07, 6.45) is 8.19. The molecule has 0 aliphatic heterocycles. The highest BCUT2D eigenvalue weighted by molar-refractivity contribution is 5.69. The van der Waals surface area contributed by atoms with E-state index in [0.29, 0.717) is 6.42 Å². The number of ether oxygens (including phenoxy) is 1. The Hall–Kier alpha value is -0.830. The van der Waals surface area contributed by atoms with Gasteiger partial charge in [-0.15, -0.1) is 0 Å². The summed E-state index contributed by atoms with van der Waals surface area (Å²) in [5.74, 6) is 0.203. The number of hydrogen-bond acceptors (Lipinski definition) is 3. The highest BCUT2D eigenvalue weighted by Gasteiger charge is 2.34. The highest BCUT2D eigenvalue weighted by atomic mass is 16.5. The lowest BCUT2D eigenvalue weighted by Gasteiger charge is -2.17. The maximum absolute atomic E-state index is 11.2. The third-order valence-electron chi connectivity index (χ3n) is 3.29. The number of methoxy groups -OCH3 is 1. The van der Waals surface area contributed by atoms with Gasteiger partial charge in [0.15, 0.2) is 0 Å². The van der Waals surface area contributed by atoms with E-state index >= 15 is 0 Å². The molecule has 3 heteroatoms. The maximum Gasteiger partial charge on any atom is 0.305 e. The highest BCUT2D eigenvalue weighted by Crippen LogP contribution is 2.35. The monoisotopic (exact) mass is 226 g/mol. The van der Waals surface area contributed by atoms with Crippen molar-refractivity contribution in [3.8, 4) is 0 Å². The molecular weight excluding hydrogens is 204 g/mol. The van der Waals surface area contributed by atoms with Crippen molar-refractivity contribution < 1.29 is 14.6 Å². The molecule has 1 aliphatic rings. The van der Waals surface area contributed by atoms with Crippen LogP contribution in [0.4, 0.5) is 0 Å². The first kappa shape index (κ1) is 13.2. The summed E-state index contributed by atoms with van der Waals surface area (Å²) in [7, 11) is 1.41. The summed E-state index contributed by atoms with van der Waals surface area (Å²) in [4.78, 5) is 11.2. The Balaban J connectivity index is 2.52. The summed E-state index contributed by atoms with van der Waals surface area (Å²) in [5.41, 5.74) is 0. The Bertz CT molecular complexity index is 248. The fourth-order valence-electron chi connectivity index (χ4n) is 2.32. The van der Waals surface area contributed by atoms with Gasteiger partial charge in [-0.1, -0.05) is 25.5 Å². The third kappa shape index (κ3) is 3.63. The van der Waals surface area contributed by atoms with Crippen molar-refractivity contribution in [2.24, 2.45) is 11.8 Å². The molecule has 92 valence electrons. The zero-order valence-corrected chi connectivity index (χ0v) is 10.2. The molecule has 16 heavy (non-hydrogen) atoms. The van der Waals surface area contributed by atoms with Crippen molar-refractivity contribution in [2.75, 3.05) is 7.11 Å². The minimum atomic E-state index is -0.289. The minimum absolute atomic E-state index is 0.130. The van der Waals surface area contributed by atoms with Gasteiger partial charge in [0.25, 0.3) is 0 Å². The number of aliphatic hydroxyl groups excluding tert-OH is 1. The molecule has 3 unspecified atom stereocenters. The molecule has 0 radical (unpaired) electrons. The number of allylic oxidation sites excluding steroid dienone is 1. The van der Waals surface area contributed by atoms with Gasteiger partial charge in [-0.05, 0) is 25.2 Å². The first-order valence-electron chi connectivity index (χ1n) is 6.10. The molecular formula is C13H22O3. The fraction of sp³-hybridized carbons (Fsp3) is 0.769.